The van der Waals surface area contributed by atoms with Crippen LogP contribution in [0.5, 0.6) is 0 Å². The van der Waals surface area contributed by atoms with Gasteiger partial charge in [-0.2, -0.15) is 0 Å². The van der Waals surface area contributed by atoms with Crippen molar-refractivity contribution in [3.8, 4) is 0 Å². The molecule has 0 bridgehead atoms. The minimum atomic E-state index is 0.364. The standard InChI is InChI=1S/C17H25N5O/c18-12-1-3-13(4-2-12)22-17-15-14(11-5-7-23-8-6-11)9-19-16(15)20-10-21-17/h9-13H,1-8,18H2,(H2,19,20,21,22). The average molecular weight is 315 g/mol. The fourth-order valence-corrected chi connectivity index (χ4v) is 3.88. The van der Waals surface area contributed by atoms with Gasteiger partial charge in [0, 0.05) is 31.5 Å². The number of anilines is 1. The van der Waals surface area contributed by atoms with Crippen LogP contribution in [0.1, 0.15) is 50.0 Å². The Morgan fingerprint density at radius 1 is 1.09 bits per heavy atom. The van der Waals surface area contributed by atoms with E-state index in [-0.39, 0.29) is 0 Å². The lowest BCUT2D eigenvalue weighted by Crippen LogP contribution is -2.33. The van der Waals surface area contributed by atoms with E-state index in [0.717, 1.165) is 68.6 Å². The Morgan fingerprint density at radius 2 is 1.87 bits per heavy atom. The highest BCUT2D eigenvalue weighted by Gasteiger charge is 2.24. The smallest absolute Gasteiger partial charge is 0.143 e. The van der Waals surface area contributed by atoms with Crippen LogP contribution >= 0.6 is 0 Å². The van der Waals surface area contributed by atoms with Gasteiger partial charge >= 0.3 is 0 Å². The summed E-state index contributed by atoms with van der Waals surface area (Å²) in [5, 5.41) is 4.81. The summed E-state index contributed by atoms with van der Waals surface area (Å²) >= 11 is 0. The molecule has 6 nitrogen and oxygen atoms in total. The van der Waals surface area contributed by atoms with Crippen LogP contribution in [0.25, 0.3) is 11.0 Å². The maximum atomic E-state index is 6.02. The number of nitrogens with zero attached hydrogens (tertiary/aromatic N) is 2. The molecule has 4 N–H and O–H groups in total. The molecule has 2 fully saturated rings. The Hall–Kier alpha value is -1.66. The predicted molar refractivity (Wildman–Crippen MR) is 90.5 cm³/mol. The first-order chi connectivity index (χ1) is 11.3. The quantitative estimate of drug-likeness (QED) is 0.810. The van der Waals surface area contributed by atoms with E-state index in [4.69, 9.17) is 10.5 Å². The third kappa shape index (κ3) is 3.05. The molecule has 0 atom stereocenters. The summed E-state index contributed by atoms with van der Waals surface area (Å²) in [4.78, 5) is 12.3. The Morgan fingerprint density at radius 3 is 2.65 bits per heavy atom. The van der Waals surface area contributed by atoms with Crippen LogP contribution in [0.3, 0.4) is 0 Å². The average Bonchev–Trinajstić information content (AvgIpc) is 3.03. The van der Waals surface area contributed by atoms with E-state index in [1.165, 1.54) is 5.56 Å². The van der Waals surface area contributed by atoms with E-state index >= 15 is 0 Å². The van der Waals surface area contributed by atoms with Crippen molar-refractivity contribution in [2.24, 2.45) is 5.73 Å². The first-order valence-corrected chi connectivity index (χ1v) is 8.73. The Bertz CT molecular complexity index is 656. The monoisotopic (exact) mass is 315 g/mol. The van der Waals surface area contributed by atoms with Crippen molar-refractivity contribution < 1.29 is 4.74 Å². The van der Waals surface area contributed by atoms with Gasteiger partial charge in [-0.3, -0.25) is 0 Å². The lowest BCUT2D eigenvalue weighted by molar-refractivity contribution is 0.0856. The number of aromatic nitrogens is 3. The molecule has 2 aromatic heterocycles. The molecule has 0 aromatic carbocycles. The SMILES string of the molecule is NC1CCC(Nc2ncnc3[nH]cc(C4CCOCC4)c23)CC1. The zero-order valence-electron chi connectivity index (χ0n) is 13.4. The third-order valence-corrected chi connectivity index (χ3v) is 5.27. The van der Waals surface area contributed by atoms with E-state index in [1.54, 1.807) is 6.33 Å². The van der Waals surface area contributed by atoms with Crippen molar-refractivity contribution in [2.75, 3.05) is 18.5 Å². The van der Waals surface area contributed by atoms with Gasteiger partial charge in [0.15, 0.2) is 0 Å². The zero-order chi connectivity index (χ0) is 15.6. The van der Waals surface area contributed by atoms with E-state index in [1.807, 2.05) is 0 Å². The highest BCUT2D eigenvalue weighted by molar-refractivity contribution is 5.90. The second kappa shape index (κ2) is 6.45. The van der Waals surface area contributed by atoms with Gasteiger partial charge in [-0.25, -0.2) is 9.97 Å². The van der Waals surface area contributed by atoms with E-state index < -0.39 is 0 Å². The number of fused-ring (bicyclic) bond motifs is 1. The zero-order valence-corrected chi connectivity index (χ0v) is 13.4. The van der Waals surface area contributed by atoms with Crippen LogP contribution in [-0.2, 0) is 4.74 Å². The van der Waals surface area contributed by atoms with Crippen LogP contribution in [0.2, 0.25) is 0 Å². The van der Waals surface area contributed by atoms with Gasteiger partial charge in [-0.15, -0.1) is 0 Å². The molecule has 0 radical (unpaired) electrons. The maximum Gasteiger partial charge on any atom is 0.143 e. The van der Waals surface area contributed by atoms with Crippen molar-refractivity contribution in [3.63, 3.8) is 0 Å². The molecule has 1 saturated heterocycles. The summed E-state index contributed by atoms with van der Waals surface area (Å²) in [7, 11) is 0. The molecule has 2 aliphatic rings. The van der Waals surface area contributed by atoms with Crippen molar-refractivity contribution in [3.05, 3.63) is 18.1 Å². The number of rotatable bonds is 3. The van der Waals surface area contributed by atoms with Crippen LogP contribution in [0.4, 0.5) is 5.82 Å². The lowest BCUT2D eigenvalue weighted by Gasteiger charge is -2.28. The topological polar surface area (TPSA) is 88.9 Å². The van der Waals surface area contributed by atoms with E-state index in [0.29, 0.717) is 18.0 Å². The fraction of sp³-hybridized carbons (Fsp3) is 0.647. The Labute approximate surface area is 136 Å². The molecule has 0 amide bonds. The van der Waals surface area contributed by atoms with Crippen LogP contribution in [0.15, 0.2) is 12.5 Å². The Balaban J connectivity index is 1.62. The number of nitrogens with two attached hydrogens (primary N) is 1. The first kappa shape index (κ1) is 14.9. The molecule has 3 heterocycles. The van der Waals surface area contributed by atoms with Crippen molar-refractivity contribution in [2.45, 2.75) is 56.5 Å². The van der Waals surface area contributed by atoms with Gasteiger partial charge in [0.05, 0.1) is 5.39 Å². The van der Waals surface area contributed by atoms with Gasteiger partial charge in [-0.05, 0) is 50.0 Å². The molecule has 2 aromatic rings. The highest BCUT2D eigenvalue weighted by atomic mass is 16.5. The highest BCUT2D eigenvalue weighted by Crippen LogP contribution is 2.35. The molecule has 0 spiro atoms. The molecular formula is C17H25N5O. The summed E-state index contributed by atoms with van der Waals surface area (Å²) < 4.78 is 5.50. The number of nitrogens with one attached hydrogen (secondary N) is 2. The molecule has 4 rings (SSSR count). The number of hydrogen-bond acceptors (Lipinski definition) is 5. The van der Waals surface area contributed by atoms with Crippen molar-refractivity contribution >= 4 is 16.9 Å². The number of H-pyrrole nitrogens is 1. The van der Waals surface area contributed by atoms with Gasteiger partial charge in [0.2, 0.25) is 0 Å². The van der Waals surface area contributed by atoms with Crippen molar-refractivity contribution in [1.29, 1.82) is 0 Å². The molecule has 1 aliphatic heterocycles. The van der Waals surface area contributed by atoms with E-state index in [2.05, 4.69) is 26.5 Å². The number of aromatic amines is 1. The number of ether oxygens (including phenoxy) is 1. The maximum absolute atomic E-state index is 6.02. The first-order valence-electron chi connectivity index (χ1n) is 8.73. The summed E-state index contributed by atoms with van der Waals surface area (Å²) in [5.74, 6) is 1.50. The van der Waals surface area contributed by atoms with Gasteiger partial charge in [0.1, 0.15) is 17.8 Å². The summed E-state index contributed by atoms with van der Waals surface area (Å²) in [6.07, 6.45) is 10.3. The minimum Gasteiger partial charge on any atom is -0.381 e. The minimum absolute atomic E-state index is 0.364. The third-order valence-electron chi connectivity index (χ3n) is 5.27. The fourth-order valence-electron chi connectivity index (χ4n) is 3.88. The van der Waals surface area contributed by atoms with Crippen LogP contribution in [0, 0.1) is 0 Å². The molecule has 0 unspecified atom stereocenters. The second-order valence-electron chi connectivity index (χ2n) is 6.83. The molecule has 6 heteroatoms. The molecule has 23 heavy (non-hydrogen) atoms. The molecular weight excluding hydrogens is 290 g/mol. The second-order valence-corrected chi connectivity index (χ2v) is 6.83. The van der Waals surface area contributed by atoms with Crippen LogP contribution in [-0.4, -0.2) is 40.2 Å². The van der Waals surface area contributed by atoms with E-state index in [9.17, 15) is 0 Å². The molecule has 1 aliphatic carbocycles. The predicted octanol–water partition coefficient (Wildman–Crippen LogP) is 2.53. The Kier molecular flexibility index (Phi) is 4.18. The normalized spacial score (nSPS) is 26.5. The summed E-state index contributed by atoms with van der Waals surface area (Å²) in [5.41, 5.74) is 8.28. The van der Waals surface area contributed by atoms with Gasteiger partial charge < -0.3 is 20.8 Å². The van der Waals surface area contributed by atoms with Crippen LogP contribution < -0.4 is 11.1 Å². The number of hydrogen-bond donors (Lipinski definition) is 3. The van der Waals surface area contributed by atoms with Gasteiger partial charge in [0.25, 0.3) is 0 Å². The largest absolute Gasteiger partial charge is 0.381 e. The summed E-state index contributed by atoms with van der Waals surface area (Å²) in [6.45, 7) is 1.68. The van der Waals surface area contributed by atoms with Gasteiger partial charge in [-0.1, -0.05) is 0 Å². The molecule has 124 valence electrons. The van der Waals surface area contributed by atoms with Crippen molar-refractivity contribution in [1.82, 2.24) is 15.0 Å². The summed E-state index contributed by atoms with van der Waals surface area (Å²) in [6, 6.07) is 0.828. The molecule has 1 saturated carbocycles. The lowest BCUT2D eigenvalue weighted by atomic mass is 9.90.